The maximum atomic E-state index is 11.8. The maximum Gasteiger partial charge on any atom is 0.267 e. The van der Waals surface area contributed by atoms with Crippen molar-refractivity contribution in [3.05, 3.63) is 23.0 Å². The molecule has 1 atom stereocenters. The van der Waals surface area contributed by atoms with Crippen molar-refractivity contribution in [3.63, 3.8) is 0 Å². The fourth-order valence-electron chi connectivity index (χ4n) is 2.20. The van der Waals surface area contributed by atoms with Crippen LogP contribution in [-0.4, -0.2) is 29.6 Å². The van der Waals surface area contributed by atoms with Crippen molar-refractivity contribution in [2.24, 2.45) is 7.05 Å². The summed E-state index contributed by atoms with van der Waals surface area (Å²) in [6.45, 7) is 1.81. The summed E-state index contributed by atoms with van der Waals surface area (Å²) in [5, 5.41) is 6.92. The van der Waals surface area contributed by atoms with Crippen LogP contribution in [0.1, 0.15) is 29.8 Å². The van der Waals surface area contributed by atoms with E-state index in [-0.39, 0.29) is 5.91 Å². The molecule has 0 bridgehead atoms. The Balaban J connectivity index is 1.78. The number of nitrogens with zero attached hydrogens (tertiary/aromatic N) is 1. The van der Waals surface area contributed by atoms with E-state index in [1.165, 1.54) is 12.8 Å². The molecule has 0 spiro atoms. The predicted octanol–water partition coefficient (Wildman–Crippen LogP) is 1.55. The third-order valence-electron chi connectivity index (χ3n) is 3.14. The van der Waals surface area contributed by atoms with E-state index < -0.39 is 0 Å². The largest absolute Gasteiger partial charge is 0.351 e. The molecule has 2 heterocycles. The molecule has 17 heavy (non-hydrogen) atoms. The molecule has 4 nitrogen and oxygen atoms in total. The van der Waals surface area contributed by atoms with Crippen molar-refractivity contribution in [1.82, 2.24) is 15.2 Å². The molecule has 0 saturated carbocycles. The Labute approximate surface area is 106 Å². The number of aryl methyl sites for hydroxylation is 1. The number of hydrogen-bond acceptors (Lipinski definition) is 2. The van der Waals surface area contributed by atoms with Gasteiger partial charge < -0.3 is 15.2 Å². The Hall–Kier alpha value is -1.00. The van der Waals surface area contributed by atoms with Gasteiger partial charge in [-0.25, -0.2) is 0 Å². The number of nitrogens with one attached hydrogen (secondary N) is 2. The molecule has 1 aliphatic heterocycles. The number of aromatic nitrogens is 1. The van der Waals surface area contributed by atoms with E-state index in [0.717, 1.165) is 13.0 Å². The van der Waals surface area contributed by atoms with Gasteiger partial charge in [-0.2, -0.15) is 0 Å². The lowest BCUT2D eigenvalue weighted by atomic mass is 10.1. The molecular weight excluding hydrogens is 238 g/mol. The molecule has 1 saturated heterocycles. The summed E-state index contributed by atoms with van der Waals surface area (Å²) in [5.74, 6) is -0.0580. The second-order valence-electron chi connectivity index (χ2n) is 4.49. The van der Waals surface area contributed by atoms with Gasteiger partial charge in [0, 0.05) is 25.8 Å². The van der Waals surface area contributed by atoms with E-state index in [0.29, 0.717) is 23.3 Å². The molecule has 1 aromatic heterocycles. The van der Waals surface area contributed by atoms with E-state index in [1.807, 2.05) is 7.05 Å². The Morgan fingerprint density at radius 2 is 2.53 bits per heavy atom. The Bertz CT molecular complexity index is 396. The molecule has 0 radical (unpaired) electrons. The first-order chi connectivity index (χ1) is 8.16. The average molecular weight is 256 g/mol. The van der Waals surface area contributed by atoms with E-state index in [4.69, 9.17) is 11.6 Å². The number of carbonyl (C=O) groups is 1. The molecule has 5 heteroatoms. The molecular formula is C12H18ClN3O. The summed E-state index contributed by atoms with van der Waals surface area (Å²) in [6.07, 6.45) is 5.18. The third-order valence-corrected chi connectivity index (χ3v) is 3.35. The van der Waals surface area contributed by atoms with Gasteiger partial charge in [0.1, 0.15) is 5.69 Å². The van der Waals surface area contributed by atoms with Crippen molar-refractivity contribution < 1.29 is 4.79 Å². The quantitative estimate of drug-likeness (QED) is 0.858. The maximum absolute atomic E-state index is 11.8. The smallest absolute Gasteiger partial charge is 0.267 e. The van der Waals surface area contributed by atoms with Crippen LogP contribution < -0.4 is 10.6 Å². The van der Waals surface area contributed by atoms with Crippen molar-refractivity contribution in [2.45, 2.75) is 25.3 Å². The molecule has 1 fully saturated rings. The number of amides is 1. The first-order valence-corrected chi connectivity index (χ1v) is 6.38. The molecule has 94 valence electrons. The van der Waals surface area contributed by atoms with Gasteiger partial charge in [-0.1, -0.05) is 11.6 Å². The van der Waals surface area contributed by atoms with Crippen LogP contribution in [0.4, 0.5) is 0 Å². The standard InChI is InChI=1S/C12H18ClN3O/c1-16-8-9(13)7-11(16)12(17)15-6-4-10-3-2-5-14-10/h7-8,10,14H,2-6H2,1H3,(H,15,17)/t10-/m0/s1. The topological polar surface area (TPSA) is 46.1 Å². The molecule has 2 N–H and O–H groups in total. The second-order valence-corrected chi connectivity index (χ2v) is 4.93. The lowest BCUT2D eigenvalue weighted by Crippen LogP contribution is -2.31. The summed E-state index contributed by atoms with van der Waals surface area (Å²) in [6, 6.07) is 2.25. The van der Waals surface area contributed by atoms with Crippen LogP contribution in [0.15, 0.2) is 12.3 Å². The minimum Gasteiger partial charge on any atom is -0.351 e. The monoisotopic (exact) mass is 255 g/mol. The Morgan fingerprint density at radius 1 is 1.71 bits per heavy atom. The molecule has 1 aliphatic rings. The van der Waals surface area contributed by atoms with Gasteiger partial charge in [-0.05, 0) is 31.9 Å². The van der Waals surface area contributed by atoms with Crippen LogP contribution in [0.5, 0.6) is 0 Å². The number of halogens is 1. The zero-order valence-corrected chi connectivity index (χ0v) is 10.8. The van der Waals surface area contributed by atoms with Crippen LogP contribution >= 0.6 is 11.6 Å². The summed E-state index contributed by atoms with van der Waals surface area (Å²) >= 11 is 5.84. The van der Waals surface area contributed by atoms with Gasteiger partial charge in [-0.3, -0.25) is 4.79 Å². The molecule has 0 unspecified atom stereocenters. The summed E-state index contributed by atoms with van der Waals surface area (Å²) in [4.78, 5) is 11.8. The first-order valence-electron chi connectivity index (χ1n) is 6.00. The minimum absolute atomic E-state index is 0.0580. The Morgan fingerprint density at radius 3 is 3.12 bits per heavy atom. The lowest BCUT2D eigenvalue weighted by Gasteiger charge is -2.10. The van der Waals surface area contributed by atoms with E-state index in [2.05, 4.69) is 10.6 Å². The van der Waals surface area contributed by atoms with Crippen LogP contribution in [0.2, 0.25) is 5.02 Å². The van der Waals surface area contributed by atoms with Gasteiger partial charge in [0.2, 0.25) is 0 Å². The van der Waals surface area contributed by atoms with Crippen molar-refractivity contribution in [2.75, 3.05) is 13.1 Å². The van der Waals surface area contributed by atoms with E-state index in [1.54, 1.807) is 16.8 Å². The van der Waals surface area contributed by atoms with Gasteiger partial charge in [0.15, 0.2) is 0 Å². The number of carbonyl (C=O) groups excluding carboxylic acids is 1. The fraction of sp³-hybridized carbons (Fsp3) is 0.583. The summed E-state index contributed by atoms with van der Waals surface area (Å²) in [5.41, 5.74) is 0.606. The molecule has 0 aromatic carbocycles. The predicted molar refractivity (Wildman–Crippen MR) is 68.4 cm³/mol. The van der Waals surface area contributed by atoms with Gasteiger partial charge >= 0.3 is 0 Å². The van der Waals surface area contributed by atoms with Crippen LogP contribution in [0, 0.1) is 0 Å². The van der Waals surface area contributed by atoms with Gasteiger partial charge in [-0.15, -0.1) is 0 Å². The van der Waals surface area contributed by atoms with Crippen molar-refractivity contribution >= 4 is 17.5 Å². The SMILES string of the molecule is Cn1cc(Cl)cc1C(=O)NCC[C@@H]1CCCN1. The van der Waals surface area contributed by atoms with Crippen LogP contribution in [0.25, 0.3) is 0 Å². The van der Waals surface area contributed by atoms with E-state index in [9.17, 15) is 4.79 Å². The zero-order valence-electron chi connectivity index (χ0n) is 10.0. The molecule has 2 rings (SSSR count). The molecule has 1 amide bonds. The fourth-order valence-corrected chi connectivity index (χ4v) is 2.45. The lowest BCUT2D eigenvalue weighted by molar-refractivity contribution is 0.0944. The van der Waals surface area contributed by atoms with Gasteiger partial charge in [0.25, 0.3) is 5.91 Å². The highest BCUT2D eigenvalue weighted by molar-refractivity contribution is 6.31. The van der Waals surface area contributed by atoms with E-state index >= 15 is 0 Å². The van der Waals surface area contributed by atoms with Crippen molar-refractivity contribution in [1.29, 1.82) is 0 Å². The molecule has 0 aliphatic carbocycles. The highest BCUT2D eigenvalue weighted by Crippen LogP contribution is 2.12. The van der Waals surface area contributed by atoms with Crippen molar-refractivity contribution in [3.8, 4) is 0 Å². The summed E-state index contributed by atoms with van der Waals surface area (Å²) < 4.78 is 1.74. The van der Waals surface area contributed by atoms with Crippen LogP contribution in [-0.2, 0) is 7.05 Å². The second kappa shape index (κ2) is 5.56. The number of rotatable bonds is 4. The van der Waals surface area contributed by atoms with Crippen LogP contribution in [0.3, 0.4) is 0 Å². The third kappa shape index (κ3) is 3.23. The summed E-state index contributed by atoms with van der Waals surface area (Å²) in [7, 11) is 1.82. The highest BCUT2D eigenvalue weighted by atomic mass is 35.5. The Kier molecular flexibility index (Phi) is 4.07. The normalized spacial score (nSPS) is 19.5. The average Bonchev–Trinajstić information content (AvgIpc) is 2.88. The van der Waals surface area contributed by atoms with Gasteiger partial charge in [0.05, 0.1) is 5.02 Å². The highest BCUT2D eigenvalue weighted by Gasteiger charge is 2.15. The number of hydrogen-bond donors (Lipinski definition) is 2. The first kappa shape index (κ1) is 12.5. The zero-order chi connectivity index (χ0) is 12.3. The molecule has 1 aromatic rings. The minimum atomic E-state index is -0.0580.